The molecule has 0 aliphatic rings. The average Bonchev–Trinajstić information content (AvgIpc) is 3.05. The Morgan fingerprint density at radius 2 is 1.13 bits per heavy atom. The summed E-state index contributed by atoms with van der Waals surface area (Å²) in [6, 6.07) is 19.2. The van der Waals surface area contributed by atoms with Crippen molar-refractivity contribution in [2.75, 3.05) is 6.61 Å². The van der Waals surface area contributed by atoms with Crippen molar-refractivity contribution in [1.82, 2.24) is 0 Å². The van der Waals surface area contributed by atoms with E-state index in [1.165, 1.54) is 36.4 Å². The molecule has 0 aliphatic carbocycles. The summed E-state index contributed by atoms with van der Waals surface area (Å²) in [5.74, 6) is -2.54. The monoisotopic (exact) mass is 663 g/mol. The molecular formula is C32H27F6N3O6. The van der Waals surface area contributed by atoms with Gasteiger partial charge in [0, 0.05) is 0 Å². The molecule has 0 N–H and O–H groups in total. The van der Waals surface area contributed by atoms with E-state index in [1.54, 1.807) is 31.2 Å². The number of alkyl halides is 6. The third-order valence-corrected chi connectivity index (χ3v) is 6.37. The fourth-order valence-electron chi connectivity index (χ4n) is 4.15. The number of nitrogens with zero attached hydrogens (tertiary/aromatic N) is 3. The molecule has 0 spiro atoms. The van der Waals surface area contributed by atoms with Crippen molar-refractivity contribution < 1.29 is 40.6 Å². The van der Waals surface area contributed by atoms with Crippen LogP contribution in [0.4, 0.5) is 26.3 Å². The van der Waals surface area contributed by atoms with Crippen molar-refractivity contribution in [3.05, 3.63) is 116 Å². The number of ether oxygens (including phenoxy) is 3. The number of rotatable bonds is 12. The summed E-state index contributed by atoms with van der Waals surface area (Å²) in [6.45, 7) is 4.78. The van der Waals surface area contributed by atoms with E-state index in [0.29, 0.717) is 39.1 Å². The third-order valence-electron chi connectivity index (χ3n) is 6.37. The first-order valence-electron chi connectivity index (χ1n) is 13.8. The van der Waals surface area contributed by atoms with Crippen LogP contribution in [-0.4, -0.2) is 18.8 Å². The van der Waals surface area contributed by atoms with E-state index in [0.717, 1.165) is 24.3 Å². The Bertz CT molecular complexity index is 1660. The minimum absolute atomic E-state index is 0.0291. The zero-order chi connectivity index (χ0) is 34.8. The van der Waals surface area contributed by atoms with Gasteiger partial charge < -0.3 is 14.2 Å². The lowest BCUT2D eigenvalue weighted by Gasteiger charge is -2.15. The Hall–Kier alpha value is -5.34. The van der Waals surface area contributed by atoms with Crippen LogP contribution >= 0.6 is 0 Å². The lowest BCUT2D eigenvalue weighted by Crippen LogP contribution is -2.28. The summed E-state index contributed by atoms with van der Waals surface area (Å²) < 4.78 is 92.3. The van der Waals surface area contributed by atoms with Gasteiger partial charge in [-0.2, -0.15) is 13.2 Å². The molecule has 0 amide bonds. The molecule has 4 aromatic rings. The van der Waals surface area contributed by atoms with E-state index in [9.17, 15) is 41.1 Å². The number of nitroso groups, excluding NO2 is 3. The maximum atomic E-state index is 13.1. The van der Waals surface area contributed by atoms with Gasteiger partial charge in [0.25, 0.3) is 0 Å². The van der Waals surface area contributed by atoms with Crippen molar-refractivity contribution in [1.29, 1.82) is 0 Å². The van der Waals surface area contributed by atoms with Crippen molar-refractivity contribution in [3.63, 3.8) is 0 Å². The summed E-state index contributed by atoms with van der Waals surface area (Å²) in [4.78, 5) is 32.4. The van der Waals surface area contributed by atoms with Gasteiger partial charge in [0.1, 0.15) is 23.9 Å². The molecule has 0 radical (unpaired) electrons. The minimum Gasteiger partial charge on any atom is -0.489 e. The predicted octanol–water partition coefficient (Wildman–Crippen LogP) is 10.2. The van der Waals surface area contributed by atoms with Gasteiger partial charge in [-0.3, -0.25) is 0 Å². The molecule has 9 nitrogen and oxygen atoms in total. The highest BCUT2D eigenvalue weighted by Crippen LogP contribution is 2.34. The molecule has 0 atom stereocenters. The molecule has 0 heterocycles. The van der Waals surface area contributed by atoms with Gasteiger partial charge in [-0.1, -0.05) is 38.1 Å². The zero-order valence-corrected chi connectivity index (χ0v) is 25.1. The Kier molecular flexibility index (Phi) is 11.8. The van der Waals surface area contributed by atoms with Crippen LogP contribution in [0.1, 0.15) is 30.5 Å². The smallest absolute Gasteiger partial charge is 0.489 e. The highest BCUT2D eigenvalue weighted by atomic mass is 19.4. The quantitative estimate of drug-likeness (QED) is 0.110. The summed E-state index contributed by atoms with van der Waals surface area (Å²) in [6.07, 6.45) is -9.39. The summed E-state index contributed by atoms with van der Waals surface area (Å²) in [5, 5.41) is 6.94. The van der Waals surface area contributed by atoms with E-state index in [4.69, 9.17) is 9.47 Å². The molecule has 0 aliphatic heterocycles. The second-order valence-electron chi connectivity index (χ2n) is 9.62. The molecule has 47 heavy (non-hydrogen) atoms. The fraction of sp³-hybridized carbons (Fsp3) is 0.250. The Labute approximate surface area is 264 Å². The van der Waals surface area contributed by atoms with Gasteiger partial charge in [0.15, 0.2) is 6.61 Å². The zero-order valence-electron chi connectivity index (χ0n) is 25.1. The molecule has 0 bridgehead atoms. The van der Waals surface area contributed by atoms with Crippen molar-refractivity contribution >= 4 is 0 Å². The minimum atomic E-state index is -4.87. The Morgan fingerprint density at radius 1 is 0.617 bits per heavy atom. The first-order chi connectivity index (χ1) is 22.2. The standard InChI is InChI=1S/C30H21F6N3O6.C2H6/c1-18-12-26(10-11-27(18)44-17-28(37-40,38-41)39-42)43-16-19-13-22(20-2-6-24(7-3-20)29(31,32)33)15-23(14-19)21-4-8-25(9-5-21)45-30(34,35)36;1-2/h2-15H,16-17H2,1H3;1-2H3. The summed E-state index contributed by atoms with van der Waals surface area (Å²) in [5.41, 5.74) is 2.27. The largest absolute Gasteiger partial charge is 0.573 e. The second-order valence-corrected chi connectivity index (χ2v) is 9.62. The van der Waals surface area contributed by atoms with Gasteiger partial charge in [-0.25, -0.2) is 0 Å². The van der Waals surface area contributed by atoms with Crippen molar-refractivity contribution in [2.45, 2.75) is 45.7 Å². The molecule has 0 saturated carbocycles. The number of hydrogen-bond donors (Lipinski definition) is 0. The van der Waals surface area contributed by atoms with Gasteiger partial charge in [0.2, 0.25) is 0 Å². The van der Waals surface area contributed by atoms with Crippen molar-refractivity contribution in [3.8, 4) is 39.5 Å². The number of aryl methyl sites for hydroxylation is 1. The van der Waals surface area contributed by atoms with E-state index < -0.39 is 36.2 Å². The van der Waals surface area contributed by atoms with Crippen LogP contribution in [0.2, 0.25) is 0 Å². The van der Waals surface area contributed by atoms with Crippen LogP contribution in [0.15, 0.2) is 100 Å². The number of benzene rings is 4. The maximum absolute atomic E-state index is 13.1. The molecule has 4 rings (SSSR count). The van der Waals surface area contributed by atoms with E-state index >= 15 is 0 Å². The molecule has 0 fully saturated rings. The predicted molar refractivity (Wildman–Crippen MR) is 161 cm³/mol. The van der Waals surface area contributed by atoms with Crippen LogP contribution in [0.25, 0.3) is 22.3 Å². The molecule has 0 unspecified atom stereocenters. The lowest BCUT2D eigenvalue weighted by molar-refractivity contribution is -0.274. The molecule has 0 aromatic heterocycles. The topological polar surface area (TPSA) is 116 Å². The first-order valence-corrected chi connectivity index (χ1v) is 13.8. The van der Waals surface area contributed by atoms with Gasteiger partial charge in [0.05, 0.1) is 5.56 Å². The molecule has 0 saturated heterocycles. The van der Waals surface area contributed by atoms with Crippen LogP contribution in [0.3, 0.4) is 0 Å². The molecular weight excluding hydrogens is 636 g/mol. The molecule has 248 valence electrons. The molecule has 15 heteroatoms. The van der Waals surface area contributed by atoms with E-state index in [2.05, 4.69) is 20.3 Å². The number of hydrogen-bond acceptors (Lipinski definition) is 9. The fourth-order valence-corrected chi connectivity index (χ4v) is 4.15. The normalized spacial score (nSPS) is 11.5. The average molecular weight is 664 g/mol. The highest BCUT2D eigenvalue weighted by molar-refractivity contribution is 5.74. The Balaban J connectivity index is 0.00000294. The van der Waals surface area contributed by atoms with Crippen LogP contribution in [0, 0.1) is 21.6 Å². The summed E-state index contributed by atoms with van der Waals surface area (Å²) >= 11 is 0. The van der Waals surface area contributed by atoms with E-state index in [-0.39, 0.29) is 12.4 Å². The van der Waals surface area contributed by atoms with Crippen LogP contribution in [0.5, 0.6) is 17.2 Å². The SMILES string of the molecule is CC.Cc1cc(OCc2cc(-c3ccc(OC(F)(F)F)cc3)cc(-c3ccc(C(F)(F)F)cc3)c2)ccc1OCC(N=O)(N=O)N=O. The van der Waals surface area contributed by atoms with Gasteiger partial charge >= 0.3 is 18.3 Å². The Morgan fingerprint density at radius 3 is 1.60 bits per heavy atom. The van der Waals surface area contributed by atoms with Crippen LogP contribution in [-0.2, 0) is 12.8 Å². The second kappa shape index (κ2) is 15.3. The number of halogens is 6. The van der Waals surface area contributed by atoms with Crippen molar-refractivity contribution in [2.24, 2.45) is 15.5 Å². The van der Waals surface area contributed by atoms with Gasteiger partial charge in [-0.05, 0) is 116 Å². The summed E-state index contributed by atoms with van der Waals surface area (Å²) in [7, 11) is 0. The van der Waals surface area contributed by atoms with Crippen LogP contribution < -0.4 is 14.2 Å². The van der Waals surface area contributed by atoms with Gasteiger partial charge in [-0.15, -0.1) is 27.9 Å². The first kappa shape index (κ1) is 36.1. The highest BCUT2D eigenvalue weighted by Gasteiger charge is 2.37. The third kappa shape index (κ3) is 9.82. The maximum Gasteiger partial charge on any atom is 0.573 e. The van der Waals surface area contributed by atoms with E-state index in [1.807, 2.05) is 13.8 Å². The molecule has 4 aromatic carbocycles. The lowest BCUT2D eigenvalue weighted by atomic mass is 9.95.